The lowest BCUT2D eigenvalue weighted by atomic mass is 9.87. The van der Waals surface area contributed by atoms with Gasteiger partial charge in [0, 0.05) is 47.9 Å². The molecule has 0 spiro atoms. The van der Waals surface area contributed by atoms with Gasteiger partial charge in [0.2, 0.25) is 0 Å². The number of aromatic nitrogens is 2. The zero-order valence-electron chi connectivity index (χ0n) is 35.9. The molecule has 1 aliphatic heterocycles. The molecule has 0 aliphatic carbocycles. The number of nitrogens with zero attached hydrogens (tertiary/aromatic N) is 4. The normalized spacial score (nSPS) is 13.5. The zero-order chi connectivity index (χ0) is 41.9. The lowest BCUT2D eigenvalue weighted by Crippen LogP contribution is -2.24. The van der Waals surface area contributed by atoms with Gasteiger partial charge in [-0.15, -0.1) is 10.0 Å². The number of rotatable bonds is 7. The van der Waals surface area contributed by atoms with Crippen LogP contribution in [0, 0.1) is 0 Å². The molecule has 0 N–H and O–H groups in total. The molecule has 0 unspecified atom stereocenters. The van der Waals surface area contributed by atoms with Gasteiger partial charge in [0.25, 0.3) is 0 Å². The van der Waals surface area contributed by atoms with Crippen molar-refractivity contribution in [3.05, 3.63) is 205 Å². The first kappa shape index (κ1) is 38.6. The van der Waals surface area contributed by atoms with Crippen molar-refractivity contribution in [1.82, 2.24) is 9.55 Å². The van der Waals surface area contributed by atoms with Crippen LogP contribution < -0.4 is 9.80 Å². The Hall–Kier alpha value is -6.56. The van der Waals surface area contributed by atoms with Gasteiger partial charge in [0.1, 0.15) is 12.5 Å². The Kier molecular flexibility index (Phi) is 9.41. The van der Waals surface area contributed by atoms with E-state index in [-0.39, 0.29) is 10.8 Å². The fourth-order valence-electron chi connectivity index (χ4n) is 9.10. The van der Waals surface area contributed by atoms with Gasteiger partial charge in [0.15, 0.2) is 0 Å². The number of benzene rings is 7. The van der Waals surface area contributed by atoms with Gasteiger partial charge in [-0.3, -0.25) is 4.57 Å². The summed E-state index contributed by atoms with van der Waals surface area (Å²) in [7, 11) is -2.06. The molecular weight excluding hydrogens is 761 g/mol. The Morgan fingerprint density at radius 1 is 0.426 bits per heavy atom. The largest absolute Gasteiger partial charge is 0.321 e. The predicted molar refractivity (Wildman–Crippen MR) is 258 cm³/mol. The van der Waals surface area contributed by atoms with Crippen LogP contribution in [-0.4, -0.2) is 16.2 Å². The van der Waals surface area contributed by atoms with Crippen LogP contribution in [-0.2, 0) is 10.8 Å². The number of hydrogen-bond acceptors (Lipinski definition) is 3. The van der Waals surface area contributed by atoms with Crippen LogP contribution in [0.25, 0.3) is 27.6 Å². The van der Waals surface area contributed by atoms with Crippen LogP contribution >= 0.6 is 10.0 Å². The second kappa shape index (κ2) is 14.9. The number of pyridine rings is 1. The van der Waals surface area contributed by atoms with Gasteiger partial charge in [-0.05, 0) is 119 Å². The average Bonchev–Trinajstić information content (AvgIpc) is 3.83. The lowest BCUT2D eigenvalue weighted by Gasteiger charge is -2.42. The second-order valence-electron chi connectivity index (χ2n) is 18.2. The second-order valence-corrected chi connectivity index (χ2v) is 21.3. The minimum absolute atomic E-state index is 0.0180. The van der Waals surface area contributed by atoms with Gasteiger partial charge < -0.3 is 9.80 Å². The van der Waals surface area contributed by atoms with E-state index in [0.717, 1.165) is 16.9 Å². The molecule has 9 aromatic rings. The Balaban J connectivity index is 1.20. The topological polar surface area (TPSA) is 24.3 Å². The van der Waals surface area contributed by atoms with E-state index < -0.39 is 10.0 Å². The summed E-state index contributed by atoms with van der Waals surface area (Å²) in [4.78, 5) is 15.1. The summed E-state index contributed by atoms with van der Waals surface area (Å²) in [6.07, 6.45) is 1.97. The van der Waals surface area contributed by atoms with Crippen molar-refractivity contribution in [1.29, 1.82) is 0 Å². The molecule has 10 rings (SSSR count). The smallest absolute Gasteiger partial charge is 0.137 e. The van der Waals surface area contributed by atoms with Gasteiger partial charge >= 0.3 is 0 Å². The Labute approximate surface area is 362 Å². The monoisotopic (exact) mass is 812 g/mol. The highest BCUT2D eigenvalue weighted by Crippen LogP contribution is 2.74. The Bertz CT molecular complexity index is 3010. The standard InChI is InChI=1S/C56H52N4S/c1-55(2,3)40-19-17-20-42(35-40)58-39-59(52-30-16-15-29-51(52)58)43-21-18-26-46(37-43)61(44-22-9-7-10-23-44,45-24-11-8-12-25-45)47-31-32-49-48-27-13-14-28-50(48)60(53(49)38-47)54-36-41(33-34-57-54)56(4,5)6/h7-38H,39H2,1-6H3. The van der Waals surface area contributed by atoms with E-state index in [1.54, 1.807) is 0 Å². The van der Waals surface area contributed by atoms with Crippen molar-refractivity contribution in [2.45, 2.75) is 72.0 Å². The summed E-state index contributed by atoms with van der Waals surface area (Å²) < 4.78 is 2.38. The van der Waals surface area contributed by atoms with Crippen LogP contribution in [0.2, 0.25) is 0 Å². The highest BCUT2D eigenvalue weighted by Gasteiger charge is 2.36. The fourth-order valence-corrected chi connectivity index (χ4v) is 13.0. The molecule has 61 heavy (non-hydrogen) atoms. The number of para-hydroxylation sites is 3. The lowest BCUT2D eigenvalue weighted by molar-refractivity contribution is 0.588. The van der Waals surface area contributed by atoms with Crippen molar-refractivity contribution in [2.24, 2.45) is 0 Å². The van der Waals surface area contributed by atoms with Crippen molar-refractivity contribution >= 4 is 54.6 Å². The number of fused-ring (bicyclic) bond motifs is 4. The third kappa shape index (κ3) is 6.59. The molecule has 3 heterocycles. The van der Waals surface area contributed by atoms with Crippen LogP contribution in [0.3, 0.4) is 0 Å². The van der Waals surface area contributed by atoms with Gasteiger partial charge in [-0.1, -0.05) is 133 Å². The molecule has 0 radical (unpaired) electrons. The molecule has 7 aromatic carbocycles. The highest BCUT2D eigenvalue weighted by molar-refractivity contribution is 8.34. The molecule has 302 valence electrons. The molecule has 0 saturated carbocycles. The van der Waals surface area contributed by atoms with E-state index in [1.165, 1.54) is 64.2 Å². The average molecular weight is 813 g/mol. The molecule has 1 aliphatic rings. The maximum Gasteiger partial charge on any atom is 0.137 e. The molecule has 0 fully saturated rings. The first-order valence-corrected chi connectivity index (χ1v) is 22.9. The minimum atomic E-state index is -2.06. The molecular formula is C56H52N4S. The number of hydrogen-bond donors (Lipinski definition) is 0. The Morgan fingerprint density at radius 3 is 1.61 bits per heavy atom. The van der Waals surface area contributed by atoms with E-state index in [9.17, 15) is 0 Å². The van der Waals surface area contributed by atoms with Crippen LogP contribution in [0.4, 0.5) is 22.7 Å². The predicted octanol–water partition coefficient (Wildman–Crippen LogP) is 15.4. The van der Waals surface area contributed by atoms with Crippen LogP contribution in [0.5, 0.6) is 0 Å². The maximum atomic E-state index is 5.04. The third-order valence-electron chi connectivity index (χ3n) is 12.3. The van der Waals surface area contributed by atoms with Gasteiger partial charge in [-0.2, -0.15) is 0 Å². The van der Waals surface area contributed by atoms with Crippen LogP contribution in [0.1, 0.15) is 52.7 Å². The van der Waals surface area contributed by atoms with Crippen LogP contribution in [0.15, 0.2) is 214 Å². The van der Waals surface area contributed by atoms with Gasteiger partial charge in [-0.25, -0.2) is 4.98 Å². The first-order chi connectivity index (χ1) is 29.5. The molecule has 4 nitrogen and oxygen atoms in total. The summed E-state index contributed by atoms with van der Waals surface area (Å²) in [5, 5.41) is 2.44. The molecule has 5 heteroatoms. The quantitative estimate of drug-likeness (QED) is 0.160. The summed E-state index contributed by atoms with van der Waals surface area (Å²) >= 11 is 0. The molecule has 0 atom stereocenters. The molecule has 0 bridgehead atoms. The van der Waals surface area contributed by atoms with E-state index >= 15 is 0 Å². The first-order valence-electron chi connectivity index (χ1n) is 21.3. The summed E-state index contributed by atoms with van der Waals surface area (Å²) in [6.45, 7) is 14.4. The molecule has 0 amide bonds. The van der Waals surface area contributed by atoms with E-state index in [0.29, 0.717) is 6.67 Å². The minimum Gasteiger partial charge on any atom is -0.321 e. The zero-order valence-corrected chi connectivity index (χ0v) is 36.7. The fraction of sp³-hybridized carbons (Fsp3) is 0.161. The summed E-state index contributed by atoms with van der Waals surface area (Å²) in [6, 6.07) is 70.1. The molecule has 2 aromatic heterocycles. The van der Waals surface area contributed by atoms with E-state index in [1.807, 2.05) is 6.20 Å². The third-order valence-corrected chi connectivity index (χ3v) is 16.2. The van der Waals surface area contributed by atoms with Crippen molar-refractivity contribution in [2.75, 3.05) is 16.5 Å². The summed E-state index contributed by atoms with van der Waals surface area (Å²) in [5.41, 5.74) is 9.72. The van der Waals surface area contributed by atoms with Gasteiger partial charge in [0.05, 0.1) is 22.4 Å². The summed E-state index contributed by atoms with van der Waals surface area (Å²) in [5.74, 6) is 0.933. The highest BCUT2D eigenvalue weighted by atomic mass is 32.3. The van der Waals surface area contributed by atoms with E-state index in [4.69, 9.17) is 4.98 Å². The van der Waals surface area contributed by atoms with Crippen molar-refractivity contribution in [3.63, 3.8) is 0 Å². The molecule has 0 saturated heterocycles. The number of anilines is 4. The van der Waals surface area contributed by atoms with Crippen molar-refractivity contribution in [3.8, 4) is 5.82 Å². The van der Waals surface area contributed by atoms with Crippen molar-refractivity contribution < 1.29 is 0 Å². The van der Waals surface area contributed by atoms with E-state index in [2.05, 4.69) is 244 Å². The maximum absolute atomic E-state index is 5.04. The Morgan fingerprint density at radius 2 is 0.951 bits per heavy atom. The SMILES string of the molecule is CC(C)(C)c1cccc(N2CN(c3cccc(S(c4ccccc4)(c4ccccc4)c4ccc5c6ccccc6n(-c6cc(C(C)(C)C)ccn6)c5c4)c3)c3ccccc32)c1.